The van der Waals surface area contributed by atoms with Gasteiger partial charge in [0.15, 0.2) is 0 Å². The van der Waals surface area contributed by atoms with E-state index >= 15 is 0 Å². The first kappa shape index (κ1) is 11.7. The molecule has 0 unspecified atom stereocenters. The number of carbonyl (C=O) groups is 1. The summed E-state index contributed by atoms with van der Waals surface area (Å²) in [5, 5.41) is 2.68. The molecule has 0 aliphatic rings. The molecule has 0 saturated carbocycles. The molecule has 0 aliphatic heterocycles. The molecule has 1 amide bonds. The molecule has 86 valence electrons. The zero-order valence-electron chi connectivity index (χ0n) is 9.01. The number of aryl methyl sites for hydroxylation is 1. The topological polar surface area (TPSA) is 67.8 Å². The van der Waals surface area contributed by atoms with Crippen LogP contribution >= 0.6 is 15.9 Å². The van der Waals surface area contributed by atoms with Crippen molar-refractivity contribution >= 4 is 27.7 Å². The highest BCUT2D eigenvalue weighted by Crippen LogP contribution is 2.16. The number of rotatable bonds is 2. The number of halogens is 1. The molecule has 0 spiro atoms. The van der Waals surface area contributed by atoms with Crippen LogP contribution in [0, 0.1) is 6.92 Å². The quantitative estimate of drug-likeness (QED) is 0.921. The maximum Gasteiger partial charge on any atom is 0.259 e. The molecule has 0 bridgehead atoms. The summed E-state index contributed by atoms with van der Waals surface area (Å²) in [6.07, 6.45) is 4.28. The summed E-state index contributed by atoms with van der Waals surface area (Å²) < 4.78 is 0.901. The third-order valence-electron chi connectivity index (χ3n) is 2.09. The number of hydrogen-bond donors (Lipinski definition) is 1. The normalized spacial score (nSPS) is 10.0. The lowest BCUT2D eigenvalue weighted by atomic mass is 10.3. The molecule has 17 heavy (non-hydrogen) atoms. The van der Waals surface area contributed by atoms with Crippen molar-refractivity contribution in [3.8, 4) is 0 Å². The van der Waals surface area contributed by atoms with Crippen LogP contribution in [0.5, 0.6) is 0 Å². The lowest BCUT2D eigenvalue weighted by Gasteiger charge is -2.05. The Balaban J connectivity index is 2.16. The molecule has 2 heterocycles. The van der Waals surface area contributed by atoms with Gasteiger partial charge in [0.1, 0.15) is 12.1 Å². The van der Waals surface area contributed by atoms with Gasteiger partial charge in [-0.3, -0.25) is 4.79 Å². The molecule has 0 atom stereocenters. The van der Waals surface area contributed by atoms with Gasteiger partial charge in [-0.2, -0.15) is 0 Å². The Hall–Kier alpha value is -1.82. The van der Waals surface area contributed by atoms with Crippen LogP contribution in [0.25, 0.3) is 0 Å². The fraction of sp³-hybridized carbons (Fsp3) is 0.0909. The van der Waals surface area contributed by atoms with Gasteiger partial charge in [0, 0.05) is 16.9 Å². The van der Waals surface area contributed by atoms with E-state index in [1.165, 1.54) is 18.7 Å². The molecule has 0 saturated heterocycles. The third kappa shape index (κ3) is 2.85. The van der Waals surface area contributed by atoms with Gasteiger partial charge in [-0.25, -0.2) is 15.0 Å². The second-order valence-corrected chi connectivity index (χ2v) is 4.20. The fourth-order valence-electron chi connectivity index (χ4n) is 1.22. The first-order valence-electron chi connectivity index (χ1n) is 4.86. The van der Waals surface area contributed by atoms with Gasteiger partial charge in [0.25, 0.3) is 5.91 Å². The van der Waals surface area contributed by atoms with Crippen molar-refractivity contribution in [3.63, 3.8) is 0 Å². The van der Waals surface area contributed by atoms with Gasteiger partial charge in [-0.1, -0.05) is 0 Å². The minimum absolute atomic E-state index is 0.278. The standard InChI is InChI=1S/C11H9BrN4O/c1-7-9(12)2-3-10(15-7)16-11(17)8-4-13-6-14-5-8/h2-6H,1H3,(H,15,16,17). The van der Waals surface area contributed by atoms with E-state index in [1.807, 2.05) is 13.0 Å². The maximum atomic E-state index is 11.8. The summed E-state index contributed by atoms with van der Waals surface area (Å²) in [5.41, 5.74) is 1.21. The summed E-state index contributed by atoms with van der Waals surface area (Å²) in [6, 6.07) is 3.55. The van der Waals surface area contributed by atoms with E-state index < -0.39 is 0 Å². The molecular formula is C11H9BrN4O. The smallest absolute Gasteiger partial charge is 0.259 e. The first-order chi connectivity index (χ1) is 8.16. The SMILES string of the molecule is Cc1nc(NC(=O)c2cncnc2)ccc1Br. The number of anilines is 1. The molecular weight excluding hydrogens is 284 g/mol. The van der Waals surface area contributed by atoms with Crippen LogP contribution in [0.3, 0.4) is 0 Å². The Morgan fingerprint density at radius 2 is 2.00 bits per heavy atom. The molecule has 0 fully saturated rings. The summed E-state index contributed by atoms with van der Waals surface area (Å²) >= 11 is 3.35. The second-order valence-electron chi connectivity index (χ2n) is 3.35. The number of carbonyl (C=O) groups excluding carboxylic acids is 1. The van der Waals surface area contributed by atoms with E-state index in [0.29, 0.717) is 11.4 Å². The highest BCUT2D eigenvalue weighted by molar-refractivity contribution is 9.10. The maximum absolute atomic E-state index is 11.8. The molecule has 2 rings (SSSR count). The lowest BCUT2D eigenvalue weighted by molar-refractivity contribution is 0.102. The Labute approximate surface area is 106 Å². The number of hydrogen-bond acceptors (Lipinski definition) is 4. The number of nitrogens with zero attached hydrogens (tertiary/aromatic N) is 3. The van der Waals surface area contributed by atoms with Gasteiger partial charge in [-0.05, 0) is 35.0 Å². The van der Waals surface area contributed by atoms with E-state index in [1.54, 1.807) is 6.07 Å². The van der Waals surface area contributed by atoms with E-state index in [4.69, 9.17) is 0 Å². The Morgan fingerprint density at radius 1 is 1.29 bits per heavy atom. The highest BCUT2D eigenvalue weighted by Gasteiger charge is 2.07. The van der Waals surface area contributed by atoms with E-state index in [0.717, 1.165) is 10.2 Å². The number of nitrogens with one attached hydrogen (secondary N) is 1. The Kier molecular flexibility index (Phi) is 3.43. The molecule has 0 aromatic carbocycles. The lowest BCUT2D eigenvalue weighted by Crippen LogP contribution is -2.13. The first-order valence-corrected chi connectivity index (χ1v) is 5.65. The second kappa shape index (κ2) is 5.01. The number of pyridine rings is 1. The van der Waals surface area contributed by atoms with Crippen molar-refractivity contribution < 1.29 is 4.79 Å². The van der Waals surface area contributed by atoms with Crippen molar-refractivity contribution in [1.29, 1.82) is 0 Å². The molecule has 2 aromatic rings. The molecule has 2 aromatic heterocycles. The van der Waals surface area contributed by atoms with E-state index in [2.05, 4.69) is 36.2 Å². The van der Waals surface area contributed by atoms with Crippen molar-refractivity contribution in [2.75, 3.05) is 5.32 Å². The van der Waals surface area contributed by atoms with Crippen molar-refractivity contribution in [1.82, 2.24) is 15.0 Å². The molecule has 0 aliphatic carbocycles. The summed E-state index contributed by atoms with van der Waals surface area (Å²) in [6.45, 7) is 1.85. The average Bonchev–Trinajstić information content (AvgIpc) is 2.35. The van der Waals surface area contributed by atoms with Crippen LogP contribution in [-0.2, 0) is 0 Å². The summed E-state index contributed by atoms with van der Waals surface area (Å²) in [5.74, 6) is 0.222. The predicted molar refractivity (Wildman–Crippen MR) is 66.7 cm³/mol. The van der Waals surface area contributed by atoms with Crippen molar-refractivity contribution in [3.05, 3.63) is 46.6 Å². The van der Waals surface area contributed by atoms with Gasteiger partial charge in [0.05, 0.1) is 11.3 Å². The van der Waals surface area contributed by atoms with Crippen molar-refractivity contribution in [2.45, 2.75) is 6.92 Å². The third-order valence-corrected chi connectivity index (χ3v) is 2.92. The fourth-order valence-corrected chi connectivity index (χ4v) is 1.44. The number of aromatic nitrogens is 3. The minimum Gasteiger partial charge on any atom is -0.306 e. The zero-order valence-corrected chi connectivity index (χ0v) is 10.6. The monoisotopic (exact) mass is 292 g/mol. The molecule has 0 radical (unpaired) electrons. The van der Waals surface area contributed by atoms with Crippen LogP contribution in [0.4, 0.5) is 5.82 Å². The van der Waals surface area contributed by atoms with Gasteiger partial charge < -0.3 is 5.32 Å². The Bertz CT molecular complexity index is 544. The Morgan fingerprint density at radius 3 is 2.65 bits per heavy atom. The minimum atomic E-state index is -0.278. The molecule has 6 heteroatoms. The van der Waals surface area contributed by atoms with E-state index in [-0.39, 0.29) is 5.91 Å². The van der Waals surface area contributed by atoms with Crippen LogP contribution in [0.1, 0.15) is 16.1 Å². The van der Waals surface area contributed by atoms with Crippen LogP contribution in [0.2, 0.25) is 0 Å². The van der Waals surface area contributed by atoms with Crippen LogP contribution in [-0.4, -0.2) is 20.9 Å². The molecule has 1 N–H and O–H groups in total. The average molecular weight is 293 g/mol. The van der Waals surface area contributed by atoms with Gasteiger partial charge in [-0.15, -0.1) is 0 Å². The van der Waals surface area contributed by atoms with Gasteiger partial charge in [0.2, 0.25) is 0 Å². The van der Waals surface area contributed by atoms with Crippen molar-refractivity contribution in [2.24, 2.45) is 0 Å². The molecule has 5 nitrogen and oxygen atoms in total. The highest BCUT2D eigenvalue weighted by atomic mass is 79.9. The summed E-state index contributed by atoms with van der Waals surface area (Å²) in [7, 11) is 0. The zero-order chi connectivity index (χ0) is 12.3. The predicted octanol–water partition coefficient (Wildman–Crippen LogP) is 2.19. The van der Waals surface area contributed by atoms with E-state index in [9.17, 15) is 4.79 Å². The summed E-state index contributed by atoms with van der Waals surface area (Å²) in [4.78, 5) is 23.5. The van der Waals surface area contributed by atoms with Crippen LogP contribution < -0.4 is 5.32 Å². The van der Waals surface area contributed by atoms with Gasteiger partial charge >= 0.3 is 0 Å². The van der Waals surface area contributed by atoms with Crippen LogP contribution in [0.15, 0.2) is 35.3 Å². The largest absolute Gasteiger partial charge is 0.306 e. The number of amides is 1.